The summed E-state index contributed by atoms with van der Waals surface area (Å²) in [7, 11) is 0. The lowest BCUT2D eigenvalue weighted by molar-refractivity contribution is 0.243. The van der Waals surface area contributed by atoms with Gasteiger partial charge in [0.05, 0.1) is 5.69 Å². The fraction of sp³-hybridized carbons (Fsp3) is 0.143. The third-order valence-corrected chi connectivity index (χ3v) is 1.16. The molecule has 0 fully saturated rings. The zero-order valence-corrected chi connectivity index (χ0v) is 6.24. The quantitative estimate of drug-likeness (QED) is 0.648. The van der Waals surface area contributed by atoms with Crippen molar-refractivity contribution in [3.05, 3.63) is 30.7 Å². The van der Waals surface area contributed by atoms with Crippen molar-refractivity contribution in [2.45, 2.75) is 6.92 Å². The predicted octanol–water partition coefficient (Wildman–Crippen LogP) is 0.893. The smallest absolute Gasteiger partial charge is 0.313 e. The van der Waals surface area contributed by atoms with Crippen LogP contribution in [0, 0.1) is 6.92 Å². The number of hydrogen-bond donors (Lipinski definition) is 1. The fourth-order valence-corrected chi connectivity index (χ4v) is 0.682. The summed E-state index contributed by atoms with van der Waals surface area (Å²) in [5.41, 5.74) is 0.809. The zero-order valence-electron chi connectivity index (χ0n) is 6.24. The van der Waals surface area contributed by atoms with Crippen LogP contribution in [-0.2, 0) is 0 Å². The molecule has 0 saturated carbocycles. The molecule has 0 aliphatic rings. The lowest BCUT2D eigenvalue weighted by Crippen LogP contribution is -2.23. The predicted molar refractivity (Wildman–Crippen MR) is 41.1 cm³/mol. The first-order valence-electron chi connectivity index (χ1n) is 3.18. The summed E-state index contributed by atoms with van der Waals surface area (Å²) in [4.78, 5) is 11.0. The van der Waals surface area contributed by atoms with Crippen LogP contribution in [0.25, 0.3) is 0 Å². The molecule has 1 rings (SSSR count). The molecule has 0 radical (unpaired) electrons. The number of amides is 1. The largest absolute Gasteiger partial charge is 0.345 e. The van der Waals surface area contributed by atoms with E-state index in [-0.39, 0.29) is 6.03 Å². The van der Waals surface area contributed by atoms with E-state index in [9.17, 15) is 4.79 Å². The van der Waals surface area contributed by atoms with Crippen LogP contribution in [-0.4, -0.2) is 15.8 Å². The highest BCUT2D eigenvalue weighted by Gasteiger charge is 2.00. The van der Waals surface area contributed by atoms with Crippen LogP contribution < -0.4 is 5.32 Å². The van der Waals surface area contributed by atoms with Gasteiger partial charge in [-0.1, -0.05) is 6.58 Å². The van der Waals surface area contributed by atoms with E-state index in [0.29, 0.717) is 0 Å². The molecule has 11 heavy (non-hydrogen) atoms. The van der Waals surface area contributed by atoms with Gasteiger partial charge in [0.1, 0.15) is 0 Å². The molecule has 0 saturated heterocycles. The molecule has 0 atom stereocenters. The van der Waals surface area contributed by atoms with E-state index >= 15 is 0 Å². The molecule has 0 unspecified atom stereocenters. The lowest BCUT2D eigenvalue weighted by Gasteiger charge is -1.96. The van der Waals surface area contributed by atoms with Gasteiger partial charge in [-0.05, 0) is 19.2 Å². The van der Waals surface area contributed by atoms with E-state index in [1.807, 2.05) is 6.92 Å². The van der Waals surface area contributed by atoms with Gasteiger partial charge in [0.2, 0.25) is 0 Å². The molecular formula is C7H9N3O. The van der Waals surface area contributed by atoms with E-state index < -0.39 is 0 Å². The van der Waals surface area contributed by atoms with Crippen LogP contribution in [0.5, 0.6) is 0 Å². The van der Waals surface area contributed by atoms with Gasteiger partial charge in [-0.2, -0.15) is 9.78 Å². The second-order valence-corrected chi connectivity index (χ2v) is 2.06. The van der Waals surface area contributed by atoms with Crippen LogP contribution in [0.4, 0.5) is 4.79 Å². The van der Waals surface area contributed by atoms with Gasteiger partial charge in [0, 0.05) is 6.20 Å². The van der Waals surface area contributed by atoms with Crippen LogP contribution in [0.2, 0.25) is 0 Å². The van der Waals surface area contributed by atoms with Crippen molar-refractivity contribution in [2.24, 2.45) is 0 Å². The van der Waals surface area contributed by atoms with Crippen molar-refractivity contribution in [3.8, 4) is 0 Å². The summed E-state index contributed by atoms with van der Waals surface area (Å²) in [5, 5.41) is 6.29. The molecular weight excluding hydrogens is 142 g/mol. The van der Waals surface area contributed by atoms with Crippen LogP contribution in [0.3, 0.4) is 0 Å². The minimum absolute atomic E-state index is 0.298. The average Bonchev–Trinajstić information content (AvgIpc) is 2.36. The minimum atomic E-state index is -0.298. The van der Waals surface area contributed by atoms with Crippen molar-refractivity contribution in [3.63, 3.8) is 0 Å². The maximum absolute atomic E-state index is 11.0. The first kappa shape index (κ1) is 7.53. The molecule has 4 heteroatoms. The van der Waals surface area contributed by atoms with Gasteiger partial charge >= 0.3 is 6.03 Å². The molecule has 4 nitrogen and oxygen atoms in total. The highest BCUT2D eigenvalue weighted by atomic mass is 16.2. The number of carbonyl (C=O) groups excluding carboxylic acids is 1. The summed E-state index contributed by atoms with van der Waals surface area (Å²) >= 11 is 0. The summed E-state index contributed by atoms with van der Waals surface area (Å²) in [6.45, 7) is 5.18. The normalized spacial score (nSPS) is 9.18. The van der Waals surface area contributed by atoms with E-state index in [1.165, 1.54) is 10.9 Å². The Morgan fingerprint density at radius 1 is 1.91 bits per heavy atom. The maximum Gasteiger partial charge on any atom is 0.345 e. The topological polar surface area (TPSA) is 46.9 Å². The van der Waals surface area contributed by atoms with Gasteiger partial charge in [-0.3, -0.25) is 0 Å². The standard InChI is InChI=1S/C7H9N3O/c1-3-8-7(11)10-5-4-6(2)9-10/h3-5H,1H2,2H3,(H,8,11). The molecule has 0 bridgehead atoms. The molecule has 0 aliphatic carbocycles. The van der Waals surface area contributed by atoms with Crippen molar-refractivity contribution in [1.29, 1.82) is 0 Å². The molecule has 0 spiro atoms. The number of aromatic nitrogens is 2. The molecule has 58 valence electrons. The molecule has 1 heterocycles. The monoisotopic (exact) mass is 151 g/mol. The Morgan fingerprint density at radius 3 is 3.09 bits per heavy atom. The van der Waals surface area contributed by atoms with Gasteiger partial charge in [-0.15, -0.1) is 0 Å². The molecule has 1 N–H and O–H groups in total. The fourth-order valence-electron chi connectivity index (χ4n) is 0.682. The summed E-state index contributed by atoms with van der Waals surface area (Å²) < 4.78 is 1.22. The van der Waals surface area contributed by atoms with Gasteiger partial charge in [0.25, 0.3) is 0 Å². The maximum atomic E-state index is 11.0. The number of hydrogen-bond acceptors (Lipinski definition) is 2. The van der Waals surface area contributed by atoms with Crippen molar-refractivity contribution >= 4 is 6.03 Å². The molecule has 1 amide bonds. The molecule has 0 aliphatic heterocycles. The summed E-state index contributed by atoms with van der Waals surface area (Å²) in [6.07, 6.45) is 2.91. The number of nitrogens with zero attached hydrogens (tertiary/aromatic N) is 2. The van der Waals surface area contributed by atoms with Crippen LogP contribution in [0.15, 0.2) is 25.0 Å². The Balaban J connectivity index is 2.76. The highest BCUT2D eigenvalue weighted by molar-refractivity contribution is 5.76. The molecule has 0 aromatic carbocycles. The van der Waals surface area contributed by atoms with Crippen LogP contribution in [0.1, 0.15) is 5.69 Å². The van der Waals surface area contributed by atoms with Crippen molar-refractivity contribution < 1.29 is 4.79 Å². The SMILES string of the molecule is C=CNC(=O)n1ccc(C)n1. The summed E-state index contributed by atoms with van der Waals surface area (Å²) in [6, 6.07) is 1.45. The Hall–Kier alpha value is -1.58. The number of aryl methyl sites for hydroxylation is 1. The Kier molecular flexibility index (Phi) is 2.06. The van der Waals surface area contributed by atoms with Crippen molar-refractivity contribution in [2.75, 3.05) is 0 Å². The number of carbonyl (C=O) groups is 1. The molecule has 1 aromatic heterocycles. The van der Waals surface area contributed by atoms with Gasteiger partial charge in [0.15, 0.2) is 0 Å². The highest BCUT2D eigenvalue weighted by Crippen LogP contribution is 1.90. The van der Waals surface area contributed by atoms with E-state index in [0.717, 1.165) is 5.69 Å². The van der Waals surface area contributed by atoms with E-state index in [2.05, 4.69) is 17.0 Å². The zero-order chi connectivity index (χ0) is 8.27. The first-order chi connectivity index (χ1) is 5.24. The first-order valence-corrected chi connectivity index (χ1v) is 3.18. The average molecular weight is 151 g/mol. The second-order valence-electron chi connectivity index (χ2n) is 2.06. The lowest BCUT2D eigenvalue weighted by atomic mass is 10.5. The Bertz CT molecular complexity index is 277. The molecule has 1 aromatic rings. The Labute approximate surface area is 64.5 Å². The Morgan fingerprint density at radius 2 is 2.64 bits per heavy atom. The summed E-state index contributed by atoms with van der Waals surface area (Å²) in [5.74, 6) is 0. The third kappa shape index (κ3) is 1.67. The minimum Gasteiger partial charge on any atom is -0.313 e. The van der Waals surface area contributed by atoms with Gasteiger partial charge in [-0.25, -0.2) is 4.79 Å². The van der Waals surface area contributed by atoms with Crippen LogP contribution >= 0.6 is 0 Å². The van der Waals surface area contributed by atoms with Crippen molar-refractivity contribution in [1.82, 2.24) is 15.1 Å². The van der Waals surface area contributed by atoms with E-state index in [4.69, 9.17) is 0 Å². The third-order valence-electron chi connectivity index (χ3n) is 1.16. The van der Waals surface area contributed by atoms with E-state index in [1.54, 1.807) is 12.3 Å². The van der Waals surface area contributed by atoms with Gasteiger partial charge < -0.3 is 5.32 Å². The second kappa shape index (κ2) is 3.01. The number of nitrogens with one attached hydrogen (secondary N) is 1. The number of rotatable bonds is 1.